The summed E-state index contributed by atoms with van der Waals surface area (Å²) in [5.41, 5.74) is 7.02. The molecular formula is C26H25ClN4O5. The highest BCUT2D eigenvalue weighted by molar-refractivity contribution is 6.34. The van der Waals surface area contributed by atoms with Crippen LogP contribution in [0.2, 0.25) is 5.02 Å². The van der Waals surface area contributed by atoms with Crippen molar-refractivity contribution in [2.75, 3.05) is 25.7 Å². The predicted molar refractivity (Wildman–Crippen MR) is 134 cm³/mol. The number of nitrogens with zero attached hydrogens (tertiary/aromatic N) is 2. The average Bonchev–Trinajstić information content (AvgIpc) is 2.90. The van der Waals surface area contributed by atoms with Crippen molar-refractivity contribution in [2.45, 2.75) is 19.3 Å². The van der Waals surface area contributed by atoms with Crippen LogP contribution in [0.25, 0.3) is 0 Å². The zero-order chi connectivity index (χ0) is 26.4. The highest BCUT2D eigenvalue weighted by atomic mass is 35.5. The number of amides is 1. The Hall–Kier alpha value is -4.29. The van der Waals surface area contributed by atoms with Gasteiger partial charge in [0.15, 0.2) is 0 Å². The van der Waals surface area contributed by atoms with E-state index in [4.69, 9.17) is 26.8 Å². The largest absolute Gasteiger partial charge is 0.466 e. The number of nitrogens with two attached hydrogens (primary N) is 1. The van der Waals surface area contributed by atoms with E-state index in [0.29, 0.717) is 12.1 Å². The van der Waals surface area contributed by atoms with Gasteiger partial charge in [0.05, 0.1) is 47.9 Å². The molecule has 0 spiro atoms. The van der Waals surface area contributed by atoms with Gasteiger partial charge in [0.25, 0.3) is 5.91 Å². The molecule has 3 rings (SSSR count). The molecule has 2 aromatic rings. The first-order chi connectivity index (χ1) is 17.3. The van der Waals surface area contributed by atoms with E-state index in [1.165, 1.54) is 30.2 Å². The zero-order valence-corrected chi connectivity index (χ0v) is 20.8. The van der Waals surface area contributed by atoms with Crippen LogP contribution in [0.3, 0.4) is 0 Å². The van der Waals surface area contributed by atoms with Gasteiger partial charge in [-0.1, -0.05) is 48.9 Å². The fraction of sp³-hybridized carbons (Fsp3) is 0.231. The monoisotopic (exact) mass is 508 g/mol. The number of anilines is 1. The van der Waals surface area contributed by atoms with Gasteiger partial charge in [0.1, 0.15) is 11.5 Å². The van der Waals surface area contributed by atoms with Crippen LogP contribution in [0.15, 0.2) is 71.2 Å². The summed E-state index contributed by atoms with van der Waals surface area (Å²) < 4.78 is 10.0. The third-order valence-electron chi connectivity index (χ3n) is 5.60. The number of nitrogens with one attached hydrogen (secondary N) is 1. The lowest BCUT2D eigenvalue weighted by Gasteiger charge is -2.36. The van der Waals surface area contributed by atoms with Crippen LogP contribution in [0.4, 0.5) is 5.69 Å². The lowest BCUT2D eigenvalue weighted by atomic mass is 9.81. The maximum atomic E-state index is 13.1. The number of allylic oxidation sites excluding steroid dienone is 1. The Labute approximate surface area is 213 Å². The molecule has 1 aliphatic rings. The van der Waals surface area contributed by atoms with Gasteiger partial charge in [-0.2, -0.15) is 5.26 Å². The SMILES string of the molecule is CCCNC(=O)c1cc(N2C(N)=C(C#N)C(c3ccccc3)C(C(=O)OC)=C2C(=O)OC)ccc1Cl. The summed E-state index contributed by atoms with van der Waals surface area (Å²) >= 11 is 6.28. The topological polar surface area (TPSA) is 135 Å². The van der Waals surface area contributed by atoms with E-state index >= 15 is 0 Å². The normalized spacial score (nSPS) is 15.3. The van der Waals surface area contributed by atoms with E-state index in [1.54, 1.807) is 30.3 Å². The summed E-state index contributed by atoms with van der Waals surface area (Å²) in [6.07, 6.45) is 0.717. The Morgan fingerprint density at radius 1 is 1.11 bits per heavy atom. The van der Waals surface area contributed by atoms with Crippen LogP contribution < -0.4 is 16.0 Å². The Bertz CT molecular complexity index is 1300. The van der Waals surface area contributed by atoms with Crippen LogP contribution >= 0.6 is 11.6 Å². The zero-order valence-electron chi connectivity index (χ0n) is 20.0. The molecule has 9 nitrogen and oxygen atoms in total. The van der Waals surface area contributed by atoms with Gasteiger partial charge in [-0.3, -0.25) is 9.69 Å². The van der Waals surface area contributed by atoms with Gasteiger partial charge >= 0.3 is 11.9 Å². The third kappa shape index (κ3) is 4.90. The number of hydrogen-bond donors (Lipinski definition) is 2. The lowest BCUT2D eigenvalue weighted by molar-refractivity contribution is -0.139. The Balaban J connectivity index is 2.35. The minimum Gasteiger partial charge on any atom is -0.466 e. The number of rotatable bonds is 7. The summed E-state index contributed by atoms with van der Waals surface area (Å²) in [5.74, 6) is -3.26. The van der Waals surface area contributed by atoms with E-state index in [2.05, 4.69) is 11.4 Å². The molecule has 1 atom stereocenters. The van der Waals surface area contributed by atoms with Gasteiger partial charge < -0.3 is 20.5 Å². The number of carbonyl (C=O) groups excluding carboxylic acids is 3. The molecule has 0 fully saturated rings. The second kappa shape index (κ2) is 11.4. The number of ether oxygens (including phenoxy) is 2. The molecular weight excluding hydrogens is 484 g/mol. The van der Waals surface area contributed by atoms with Crippen molar-refractivity contribution in [1.29, 1.82) is 5.26 Å². The van der Waals surface area contributed by atoms with Crippen molar-refractivity contribution in [3.05, 3.63) is 87.3 Å². The standard InChI is InChI=1S/C26H25ClN4O5/c1-4-12-30-24(32)17-13-16(10-11-19(17)27)31-22(26(34)36-3)21(25(33)35-2)20(18(14-28)23(31)29)15-8-6-5-7-9-15/h5-11,13,20H,4,12,29H2,1-3H3,(H,30,32). The number of hydrogen-bond acceptors (Lipinski definition) is 8. The van der Waals surface area contributed by atoms with Crippen LogP contribution in [0.1, 0.15) is 35.2 Å². The van der Waals surface area contributed by atoms with E-state index in [-0.39, 0.29) is 38.9 Å². The van der Waals surface area contributed by atoms with Gasteiger partial charge in [-0.15, -0.1) is 0 Å². The Morgan fingerprint density at radius 3 is 2.36 bits per heavy atom. The third-order valence-corrected chi connectivity index (χ3v) is 5.93. The molecule has 2 aromatic carbocycles. The summed E-state index contributed by atoms with van der Waals surface area (Å²) in [7, 11) is 2.33. The van der Waals surface area contributed by atoms with Gasteiger partial charge in [0, 0.05) is 12.2 Å². The first kappa shape index (κ1) is 26.3. The maximum Gasteiger partial charge on any atom is 0.355 e. The fourth-order valence-electron chi connectivity index (χ4n) is 3.94. The summed E-state index contributed by atoms with van der Waals surface area (Å²) in [5, 5.41) is 13.0. The van der Waals surface area contributed by atoms with Crippen molar-refractivity contribution >= 4 is 35.1 Å². The lowest BCUT2D eigenvalue weighted by Crippen LogP contribution is -2.41. The number of nitriles is 1. The smallest absolute Gasteiger partial charge is 0.355 e. The van der Waals surface area contributed by atoms with Crippen LogP contribution in [0.5, 0.6) is 0 Å². The minimum absolute atomic E-state index is 0.0150. The summed E-state index contributed by atoms with van der Waals surface area (Å²) in [4.78, 5) is 40.1. The van der Waals surface area contributed by atoms with Crippen molar-refractivity contribution < 1.29 is 23.9 Å². The molecule has 3 N–H and O–H groups in total. The molecule has 1 heterocycles. The second-order valence-electron chi connectivity index (χ2n) is 7.76. The van der Waals surface area contributed by atoms with Gasteiger partial charge in [0.2, 0.25) is 0 Å². The molecule has 0 aliphatic carbocycles. The minimum atomic E-state index is -0.992. The van der Waals surface area contributed by atoms with Crippen molar-refractivity contribution in [3.63, 3.8) is 0 Å². The molecule has 0 aromatic heterocycles. The van der Waals surface area contributed by atoms with E-state index in [9.17, 15) is 19.6 Å². The fourth-order valence-corrected chi connectivity index (χ4v) is 4.15. The maximum absolute atomic E-state index is 13.1. The summed E-state index contributed by atoms with van der Waals surface area (Å²) in [6, 6.07) is 15.2. The summed E-state index contributed by atoms with van der Waals surface area (Å²) in [6.45, 7) is 2.34. The molecule has 186 valence electrons. The van der Waals surface area contributed by atoms with Crippen LogP contribution in [-0.4, -0.2) is 38.6 Å². The molecule has 1 amide bonds. The molecule has 0 radical (unpaired) electrons. The predicted octanol–water partition coefficient (Wildman–Crippen LogP) is 3.38. The molecule has 0 bridgehead atoms. The number of esters is 2. The average molecular weight is 509 g/mol. The molecule has 36 heavy (non-hydrogen) atoms. The number of benzene rings is 2. The van der Waals surface area contributed by atoms with Crippen LogP contribution in [-0.2, 0) is 19.1 Å². The van der Waals surface area contributed by atoms with E-state index in [1.807, 2.05) is 6.92 Å². The molecule has 1 aliphatic heterocycles. The Morgan fingerprint density at radius 2 is 1.78 bits per heavy atom. The first-order valence-corrected chi connectivity index (χ1v) is 11.4. The van der Waals surface area contributed by atoms with E-state index < -0.39 is 23.8 Å². The van der Waals surface area contributed by atoms with Crippen molar-refractivity contribution in [2.24, 2.45) is 5.73 Å². The number of carbonyl (C=O) groups is 3. The van der Waals surface area contributed by atoms with Crippen molar-refractivity contribution in [1.82, 2.24) is 5.32 Å². The second-order valence-corrected chi connectivity index (χ2v) is 8.16. The van der Waals surface area contributed by atoms with E-state index in [0.717, 1.165) is 13.5 Å². The van der Waals surface area contributed by atoms with Gasteiger partial charge in [-0.05, 0) is 30.2 Å². The Kier molecular flexibility index (Phi) is 8.35. The number of methoxy groups -OCH3 is 2. The first-order valence-electron chi connectivity index (χ1n) is 11.0. The van der Waals surface area contributed by atoms with Crippen molar-refractivity contribution in [3.8, 4) is 6.07 Å². The quantitative estimate of drug-likeness (QED) is 0.543. The highest BCUT2D eigenvalue weighted by Crippen LogP contribution is 2.43. The molecule has 1 unspecified atom stereocenters. The van der Waals surface area contributed by atoms with Crippen LogP contribution in [0, 0.1) is 11.3 Å². The molecule has 0 saturated heterocycles. The molecule has 10 heteroatoms. The van der Waals surface area contributed by atoms with Gasteiger partial charge in [-0.25, -0.2) is 9.59 Å². The number of halogens is 1. The molecule has 0 saturated carbocycles. The highest BCUT2D eigenvalue weighted by Gasteiger charge is 2.43.